The van der Waals surface area contributed by atoms with Gasteiger partial charge >= 0.3 is 0 Å². The summed E-state index contributed by atoms with van der Waals surface area (Å²) in [6.45, 7) is 5.41. The molecule has 1 aliphatic carbocycles. The Morgan fingerprint density at radius 2 is 1.88 bits per heavy atom. The standard InChI is InChI=1S/C16H16N/c1-3-17-10-6-9-16(17)15-11-13-7-4-5-8-14(13)12(15)2/h4-11H,3H2,1-2H3. The van der Waals surface area contributed by atoms with Crippen LogP contribution in [0.4, 0.5) is 0 Å². The Balaban J connectivity index is 2.09. The van der Waals surface area contributed by atoms with Crippen LogP contribution in [0.3, 0.4) is 0 Å². The van der Waals surface area contributed by atoms with Crippen LogP contribution in [0, 0.1) is 5.92 Å². The molecule has 17 heavy (non-hydrogen) atoms. The second kappa shape index (κ2) is 3.92. The summed E-state index contributed by atoms with van der Waals surface area (Å²) in [6.07, 6.45) is 4.44. The highest BCUT2D eigenvalue weighted by molar-refractivity contribution is 5.97. The summed E-state index contributed by atoms with van der Waals surface area (Å²) >= 11 is 0. The van der Waals surface area contributed by atoms with E-state index in [0.29, 0.717) is 0 Å². The number of hydrogen-bond donors (Lipinski definition) is 0. The Labute approximate surface area is 102 Å². The highest BCUT2D eigenvalue weighted by Crippen LogP contribution is 2.40. The number of aryl methyl sites for hydroxylation is 1. The molecule has 0 saturated carbocycles. The summed E-state index contributed by atoms with van der Waals surface area (Å²) in [4.78, 5) is 0. The van der Waals surface area contributed by atoms with Crippen molar-refractivity contribution in [2.45, 2.75) is 20.4 Å². The lowest BCUT2D eigenvalue weighted by molar-refractivity contribution is 0.758. The van der Waals surface area contributed by atoms with Crippen LogP contribution in [0.15, 0.2) is 42.6 Å². The first-order valence-electron chi connectivity index (χ1n) is 6.12. The van der Waals surface area contributed by atoms with Crippen LogP contribution in [-0.4, -0.2) is 4.57 Å². The van der Waals surface area contributed by atoms with Gasteiger partial charge in [-0.25, -0.2) is 0 Å². The molecule has 1 radical (unpaired) electrons. The molecule has 0 atom stereocenters. The van der Waals surface area contributed by atoms with Crippen molar-refractivity contribution in [3.63, 3.8) is 0 Å². The van der Waals surface area contributed by atoms with Crippen LogP contribution in [-0.2, 0) is 6.54 Å². The molecule has 1 aromatic heterocycles. The van der Waals surface area contributed by atoms with Gasteiger partial charge in [0.15, 0.2) is 0 Å². The van der Waals surface area contributed by atoms with E-state index in [0.717, 1.165) is 6.54 Å². The van der Waals surface area contributed by atoms with Gasteiger partial charge in [-0.3, -0.25) is 0 Å². The molecule has 0 spiro atoms. The van der Waals surface area contributed by atoms with Gasteiger partial charge in [-0.2, -0.15) is 0 Å². The SMILES string of the molecule is CCn1cccc1C1=Cc2ccccc2[C]1C. The average molecular weight is 222 g/mol. The van der Waals surface area contributed by atoms with Crippen LogP contribution in [0.5, 0.6) is 0 Å². The number of fused-ring (bicyclic) bond motifs is 1. The molecule has 0 amide bonds. The van der Waals surface area contributed by atoms with E-state index in [-0.39, 0.29) is 0 Å². The first-order chi connectivity index (χ1) is 8.31. The Kier molecular flexibility index (Phi) is 2.40. The number of allylic oxidation sites excluding steroid dienone is 1. The molecule has 0 aliphatic heterocycles. The smallest absolute Gasteiger partial charge is 0.0448 e. The van der Waals surface area contributed by atoms with E-state index in [9.17, 15) is 0 Å². The first kappa shape index (κ1) is 10.4. The third kappa shape index (κ3) is 1.54. The topological polar surface area (TPSA) is 4.93 Å². The van der Waals surface area contributed by atoms with Crippen molar-refractivity contribution in [2.75, 3.05) is 0 Å². The van der Waals surface area contributed by atoms with Crippen molar-refractivity contribution in [1.82, 2.24) is 4.57 Å². The fourth-order valence-corrected chi connectivity index (χ4v) is 2.57. The lowest BCUT2D eigenvalue weighted by Crippen LogP contribution is -2.01. The average Bonchev–Trinajstić information content (AvgIpc) is 2.94. The van der Waals surface area contributed by atoms with E-state index >= 15 is 0 Å². The Hall–Kier alpha value is -1.76. The van der Waals surface area contributed by atoms with Gasteiger partial charge in [-0.15, -0.1) is 0 Å². The molecular weight excluding hydrogens is 206 g/mol. The van der Waals surface area contributed by atoms with Crippen LogP contribution >= 0.6 is 0 Å². The first-order valence-corrected chi connectivity index (χ1v) is 6.12. The maximum Gasteiger partial charge on any atom is 0.0448 e. The second-order valence-corrected chi connectivity index (χ2v) is 4.45. The highest BCUT2D eigenvalue weighted by atomic mass is 15.0. The van der Waals surface area contributed by atoms with Gasteiger partial charge in [0.05, 0.1) is 0 Å². The van der Waals surface area contributed by atoms with Crippen LogP contribution in [0.1, 0.15) is 30.7 Å². The second-order valence-electron chi connectivity index (χ2n) is 4.45. The summed E-state index contributed by atoms with van der Waals surface area (Å²) in [7, 11) is 0. The maximum absolute atomic E-state index is 2.30. The molecule has 0 saturated heterocycles. The van der Waals surface area contributed by atoms with Crippen molar-refractivity contribution in [1.29, 1.82) is 0 Å². The van der Waals surface area contributed by atoms with E-state index in [4.69, 9.17) is 0 Å². The fourth-order valence-electron chi connectivity index (χ4n) is 2.57. The van der Waals surface area contributed by atoms with Crippen molar-refractivity contribution in [3.8, 4) is 0 Å². The number of rotatable bonds is 2. The molecule has 1 aromatic carbocycles. The lowest BCUT2D eigenvalue weighted by atomic mass is 9.96. The minimum atomic E-state index is 1.02. The quantitative estimate of drug-likeness (QED) is 0.723. The molecule has 0 bridgehead atoms. The minimum Gasteiger partial charge on any atom is -0.348 e. The Bertz CT molecular complexity index is 575. The van der Waals surface area contributed by atoms with Gasteiger partial charge < -0.3 is 4.57 Å². The molecule has 0 N–H and O–H groups in total. The molecular formula is C16H16N. The van der Waals surface area contributed by atoms with E-state index < -0.39 is 0 Å². The molecule has 2 aromatic rings. The molecule has 0 fully saturated rings. The van der Waals surface area contributed by atoms with Crippen LogP contribution in [0.2, 0.25) is 0 Å². The summed E-state index contributed by atoms with van der Waals surface area (Å²) in [6, 6.07) is 12.9. The van der Waals surface area contributed by atoms with Gasteiger partial charge in [0, 0.05) is 24.4 Å². The highest BCUT2D eigenvalue weighted by Gasteiger charge is 2.23. The Morgan fingerprint density at radius 1 is 1.06 bits per heavy atom. The van der Waals surface area contributed by atoms with Crippen molar-refractivity contribution >= 4 is 11.6 Å². The van der Waals surface area contributed by atoms with Gasteiger partial charge in [-0.1, -0.05) is 31.2 Å². The van der Waals surface area contributed by atoms with E-state index in [1.807, 2.05) is 0 Å². The number of hydrogen-bond acceptors (Lipinski definition) is 0. The summed E-state index contributed by atoms with van der Waals surface area (Å²) in [5, 5.41) is 0. The van der Waals surface area contributed by atoms with E-state index in [1.165, 1.54) is 28.3 Å². The molecule has 1 aliphatic rings. The number of aromatic nitrogens is 1. The molecule has 1 heterocycles. The van der Waals surface area contributed by atoms with Crippen molar-refractivity contribution in [3.05, 3.63) is 65.3 Å². The predicted molar refractivity (Wildman–Crippen MR) is 72.4 cm³/mol. The molecule has 0 unspecified atom stereocenters. The van der Waals surface area contributed by atoms with Crippen LogP contribution in [0.25, 0.3) is 11.6 Å². The third-order valence-corrected chi connectivity index (χ3v) is 3.51. The molecule has 1 heteroatoms. The van der Waals surface area contributed by atoms with Gasteiger partial charge in [0.1, 0.15) is 0 Å². The van der Waals surface area contributed by atoms with E-state index in [2.05, 4.69) is 67.1 Å². The number of nitrogens with zero attached hydrogens (tertiary/aromatic N) is 1. The predicted octanol–water partition coefficient (Wildman–Crippen LogP) is 4.00. The molecule has 3 rings (SSSR count). The third-order valence-electron chi connectivity index (χ3n) is 3.51. The van der Waals surface area contributed by atoms with Gasteiger partial charge in [-0.05, 0) is 41.8 Å². The van der Waals surface area contributed by atoms with E-state index in [1.54, 1.807) is 0 Å². The largest absolute Gasteiger partial charge is 0.348 e. The maximum atomic E-state index is 2.30. The van der Waals surface area contributed by atoms with Crippen LogP contribution < -0.4 is 0 Å². The summed E-state index contributed by atoms with van der Waals surface area (Å²) in [5.74, 6) is 1.38. The molecule has 1 nitrogen and oxygen atoms in total. The summed E-state index contributed by atoms with van der Waals surface area (Å²) in [5.41, 5.74) is 5.38. The minimum absolute atomic E-state index is 1.02. The zero-order valence-electron chi connectivity index (χ0n) is 10.3. The monoisotopic (exact) mass is 222 g/mol. The zero-order valence-corrected chi connectivity index (χ0v) is 10.3. The van der Waals surface area contributed by atoms with Gasteiger partial charge in [0.25, 0.3) is 0 Å². The number of benzene rings is 1. The zero-order chi connectivity index (χ0) is 11.8. The van der Waals surface area contributed by atoms with Crippen molar-refractivity contribution < 1.29 is 0 Å². The Morgan fingerprint density at radius 3 is 2.65 bits per heavy atom. The fraction of sp³-hybridized carbons (Fsp3) is 0.188. The molecule has 85 valence electrons. The van der Waals surface area contributed by atoms with Crippen molar-refractivity contribution in [2.24, 2.45) is 0 Å². The summed E-state index contributed by atoms with van der Waals surface area (Å²) < 4.78 is 2.29. The van der Waals surface area contributed by atoms with Gasteiger partial charge in [0.2, 0.25) is 0 Å². The normalized spacial score (nSPS) is 14.8. The lowest BCUT2D eigenvalue weighted by Gasteiger charge is -2.12.